The molecule has 2 rings (SSSR count). The van der Waals surface area contributed by atoms with Gasteiger partial charge in [-0.3, -0.25) is 4.98 Å². The van der Waals surface area contributed by atoms with Gasteiger partial charge >= 0.3 is 0 Å². The highest BCUT2D eigenvalue weighted by Crippen LogP contribution is 2.38. The summed E-state index contributed by atoms with van der Waals surface area (Å²) < 4.78 is 26.7. The van der Waals surface area contributed by atoms with Crippen LogP contribution in [0.15, 0.2) is 47.5 Å². The number of hydrogen-bond donors (Lipinski definition) is 1. The molecule has 106 valence electrons. The normalized spacial score (nSPS) is 14.0. The molecule has 0 bridgehead atoms. The monoisotopic (exact) mass is 294 g/mol. The van der Waals surface area contributed by atoms with Gasteiger partial charge < -0.3 is 5.73 Å². The van der Waals surface area contributed by atoms with Gasteiger partial charge in [0.25, 0.3) is 0 Å². The van der Waals surface area contributed by atoms with Crippen molar-refractivity contribution in [2.45, 2.75) is 29.5 Å². The molecule has 1 heterocycles. The van der Waals surface area contributed by atoms with Crippen molar-refractivity contribution in [3.63, 3.8) is 0 Å². The number of rotatable bonds is 5. The van der Waals surface area contributed by atoms with Crippen LogP contribution in [0.5, 0.6) is 0 Å². The van der Waals surface area contributed by atoms with E-state index in [1.165, 1.54) is 23.9 Å². The quantitative estimate of drug-likeness (QED) is 0.849. The van der Waals surface area contributed by atoms with Crippen molar-refractivity contribution in [1.29, 1.82) is 0 Å². The Morgan fingerprint density at radius 2 is 2.05 bits per heavy atom. The van der Waals surface area contributed by atoms with Crippen LogP contribution in [0.4, 0.5) is 8.78 Å². The summed E-state index contributed by atoms with van der Waals surface area (Å²) in [6, 6.07) is 8.98. The fourth-order valence-corrected chi connectivity index (χ4v) is 3.05. The molecule has 0 saturated heterocycles. The predicted octanol–water partition coefficient (Wildman–Crippen LogP) is 3.93. The number of thioether (sulfide) groups is 1. The summed E-state index contributed by atoms with van der Waals surface area (Å²) in [6.07, 6.45) is 2.43. The molecule has 0 fully saturated rings. The predicted molar refractivity (Wildman–Crippen MR) is 77.5 cm³/mol. The first-order valence-corrected chi connectivity index (χ1v) is 7.28. The molecule has 2 atom stereocenters. The van der Waals surface area contributed by atoms with E-state index in [0.29, 0.717) is 4.90 Å². The van der Waals surface area contributed by atoms with E-state index in [-0.39, 0.29) is 11.3 Å². The summed E-state index contributed by atoms with van der Waals surface area (Å²) >= 11 is 1.28. The highest BCUT2D eigenvalue weighted by Gasteiger charge is 2.22. The maximum absolute atomic E-state index is 13.8. The first-order chi connectivity index (χ1) is 9.61. The zero-order chi connectivity index (χ0) is 14.5. The van der Waals surface area contributed by atoms with Crippen LogP contribution < -0.4 is 5.73 Å². The van der Waals surface area contributed by atoms with Crippen LogP contribution in [0.2, 0.25) is 0 Å². The lowest BCUT2D eigenvalue weighted by atomic mass is 10.1. The minimum Gasteiger partial charge on any atom is -0.326 e. The van der Waals surface area contributed by atoms with E-state index < -0.39 is 11.6 Å². The van der Waals surface area contributed by atoms with Crippen molar-refractivity contribution in [3.05, 3.63) is 59.9 Å². The zero-order valence-corrected chi connectivity index (χ0v) is 11.9. The lowest BCUT2D eigenvalue weighted by Gasteiger charge is -2.22. The third kappa shape index (κ3) is 3.55. The first kappa shape index (κ1) is 14.9. The van der Waals surface area contributed by atoms with Crippen LogP contribution in [-0.4, -0.2) is 11.0 Å². The van der Waals surface area contributed by atoms with Crippen LogP contribution in [0.25, 0.3) is 0 Å². The van der Waals surface area contributed by atoms with Crippen LogP contribution in [0.1, 0.15) is 24.3 Å². The van der Waals surface area contributed by atoms with Gasteiger partial charge in [0.05, 0.1) is 10.9 Å². The number of hydrogen-bond acceptors (Lipinski definition) is 3. The van der Waals surface area contributed by atoms with Crippen molar-refractivity contribution in [2.75, 3.05) is 0 Å². The number of nitrogens with two attached hydrogens (primary N) is 1. The van der Waals surface area contributed by atoms with E-state index in [0.717, 1.165) is 18.2 Å². The molecule has 0 saturated carbocycles. The third-order valence-corrected chi connectivity index (χ3v) is 4.42. The fourth-order valence-electron chi connectivity index (χ4n) is 1.83. The Kier molecular flexibility index (Phi) is 5.09. The molecule has 0 amide bonds. The number of pyridine rings is 1. The molecule has 0 radical (unpaired) electrons. The molecule has 2 aromatic rings. The van der Waals surface area contributed by atoms with Crippen LogP contribution in [0.3, 0.4) is 0 Å². The van der Waals surface area contributed by atoms with Crippen molar-refractivity contribution in [1.82, 2.24) is 4.98 Å². The Labute approximate surface area is 121 Å². The maximum Gasteiger partial charge on any atom is 0.139 e. The lowest BCUT2D eigenvalue weighted by molar-refractivity contribution is 0.564. The Hall–Kier alpha value is -1.46. The minimum absolute atomic E-state index is 0.153. The van der Waals surface area contributed by atoms with Gasteiger partial charge in [0.2, 0.25) is 0 Å². The maximum atomic E-state index is 13.8. The summed E-state index contributed by atoms with van der Waals surface area (Å²) in [6.45, 7) is 1.97. The molecule has 0 aliphatic rings. The van der Waals surface area contributed by atoms with Crippen molar-refractivity contribution in [3.8, 4) is 0 Å². The molecule has 0 aliphatic heterocycles. The molecular formula is C15H16F2N2S. The largest absolute Gasteiger partial charge is 0.326 e. The zero-order valence-electron chi connectivity index (χ0n) is 11.1. The summed E-state index contributed by atoms with van der Waals surface area (Å²) in [4.78, 5) is 4.67. The van der Waals surface area contributed by atoms with Gasteiger partial charge in [-0.05, 0) is 30.7 Å². The number of aromatic nitrogens is 1. The van der Waals surface area contributed by atoms with Crippen LogP contribution in [0, 0.1) is 11.6 Å². The SMILES string of the molecule is CCC(N)C(Sc1ccc(F)cc1F)c1ccccn1. The summed E-state index contributed by atoms with van der Waals surface area (Å²) in [7, 11) is 0. The number of benzene rings is 1. The number of halogens is 2. The van der Waals surface area contributed by atoms with E-state index in [4.69, 9.17) is 5.73 Å². The highest BCUT2D eigenvalue weighted by atomic mass is 32.2. The van der Waals surface area contributed by atoms with Gasteiger partial charge in [-0.15, -0.1) is 11.8 Å². The lowest BCUT2D eigenvalue weighted by Crippen LogP contribution is -2.26. The molecule has 0 aliphatic carbocycles. The van der Waals surface area contributed by atoms with E-state index >= 15 is 0 Å². The van der Waals surface area contributed by atoms with E-state index in [9.17, 15) is 8.78 Å². The molecule has 2 unspecified atom stereocenters. The smallest absolute Gasteiger partial charge is 0.139 e. The Morgan fingerprint density at radius 3 is 2.65 bits per heavy atom. The highest BCUT2D eigenvalue weighted by molar-refractivity contribution is 7.99. The van der Waals surface area contributed by atoms with E-state index in [1.54, 1.807) is 6.20 Å². The molecule has 2 N–H and O–H groups in total. The van der Waals surface area contributed by atoms with Crippen LogP contribution in [-0.2, 0) is 0 Å². The van der Waals surface area contributed by atoms with E-state index in [2.05, 4.69) is 4.98 Å². The molecule has 20 heavy (non-hydrogen) atoms. The molecule has 1 aromatic carbocycles. The van der Waals surface area contributed by atoms with Gasteiger partial charge in [-0.25, -0.2) is 8.78 Å². The minimum atomic E-state index is -0.582. The Morgan fingerprint density at radius 1 is 1.25 bits per heavy atom. The number of nitrogens with zero attached hydrogens (tertiary/aromatic N) is 1. The van der Waals surface area contributed by atoms with Crippen molar-refractivity contribution >= 4 is 11.8 Å². The summed E-state index contributed by atoms with van der Waals surface area (Å²) in [5, 5.41) is -0.166. The second-order valence-corrected chi connectivity index (χ2v) is 5.62. The summed E-state index contributed by atoms with van der Waals surface area (Å²) in [5.74, 6) is -1.15. The standard InChI is InChI=1S/C15H16F2N2S/c1-2-12(18)15(13-5-3-4-8-19-13)20-14-7-6-10(16)9-11(14)17/h3-9,12,15H,2,18H2,1H3. The molecule has 2 nitrogen and oxygen atoms in total. The van der Waals surface area contributed by atoms with Gasteiger partial charge in [0, 0.05) is 23.2 Å². The van der Waals surface area contributed by atoms with Crippen molar-refractivity contribution in [2.24, 2.45) is 5.73 Å². The Balaban J connectivity index is 2.29. The van der Waals surface area contributed by atoms with Crippen LogP contribution >= 0.6 is 11.8 Å². The van der Waals surface area contributed by atoms with Gasteiger partial charge in [0.15, 0.2) is 0 Å². The third-order valence-electron chi connectivity index (χ3n) is 2.99. The fraction of sp³-hybridized carbons (Fsp3) is 0.267. The van der Waals surface area contributed by atoms with E-state index in [1.807, 2.05) is 25.1 Å². The summed E-state index contributed by atoms with van der Waals surface area (Å²) in [5.41, 5.74) is 6.92. The second-order valence-electron chi connectivity index (χ2n) is 4.44. The molecule has 5 heteroatoms. The molecular weight excluding hydrogens is 278 g/mol. The van der Waals surface area contributed by atoms with Crippen molar-refractivity contribution < 1.29 is 8.78 Å². The first-order valence-electron chi connectivity index (χ1n) is 6.40. The van der Waals surface area contributed by atoms with Gasteiger partial charge in [-0.2, -0.15) is 0 Å². The van der Waals surface area contributed by atoms with Gasteiger partial charge in [-0.1, -0.05) is 13.0 Å². The average molecular weight is 294 g/mol. The average Bonchev–Trinajstić information content (AvgIpc) is 2.46. The molecule has 1 aromatic heterocycles. The Bertz CT molecular complexity index is 563. The van der Waals surface area contributed by atoms with Gasteiger partial charge in [0.1, 0.15) is 11.6 Å². The topological polar surface area (TPSA) is 38.9 Å². The molecule has 0 spiro atoms. The second kappa shape index (κ2) is 6.81.